The molecule has 0 spiro atoms. The van der Waals surface area contributed by atoms with Crippen molar-refractivity contribution in [3.8, 4) is 0 Å². The van der Waals surface area contributed by atoms with Gasteiger partial charge in [-0.2, -0.15) is 0 Å². The molecular weight excluding hydrogens is 293 g/mol. The highest BCUT2D eigenvalue weighted by Gasteiger charge is 2.21. The predicted molar refractivity (Wildman–Crippen MR) is 67.7 cm³/mol. The number of hydrogen-bond acceptors (Lipinski definition) is 2. The first-order valence-corrected chi connectivity index (χ1v) is 5.75. The van der Waals surface area contributed by atoms with Crippen LogP contribution in [0.15, 0.2) is 35.3 Å². The largest absolute Gasteiger partial charge is 0.480 e. The van der Waals surface area contributed by atoms with Gasteiger partial charge in [0.2, 0.25) is 0 Å². The molecule has 0 amide bonds. The quantitative estimate of drug-likeness (QED) is 0.822. The van der Waals surface area contributed by atoms with Gasteiger partial charge in [-0.15, -0.1) is 6.58 Å². The normalized spacial score (nSPS) is 12.1. The highest BCUT2D eigenvalue weighted by atomic mass is 79.9. The lowest BCUT2D eigenvalue weighted by atomic mass is 10.1. The minimum Gasteiger partial charge on any atom is -0.480 e. The number of aliphatic carboxylic acids is 1. The third-order valence-electron chi connectivity index (χ3n) is 1.99. The first-order chi connectivity index (χ1) is 7.56. The lowest BCUT2D eigenvalue weighted by molar-refractivity contribution is -0.139. The molecule has 0 aromatic heterocycles. The summed E-state index contributed by atoms with van der Waals surface area (Å²) in [5.41, 5.74) is 0.541. The molecule has 1 aromatic rings. The molecule has 0 fully saturated rings. The average molecular weight is 305 g/mol. The van der Waals surface area contributed by atoms with Crippen molar-refractivity contribution >= 4 is 33.5 Å². The third-order valence-corrected chi connectivity index (χ3v) is 2.81. The second-order valence-electron chi connectivity index (χ2n) is 3.13. The van der Waals surface area contributed by atoms with Crippen molar-refractivity contribution in [1.82, 2.24) is 5.32 Å². The topological polar surface area (TPSA) is 49.3 Å². The van der Waals surface area contributed by atoms with E-state index in [4.69, 9.17) is 16.7 Å². The number of nitrogens with one attached hydrogen (secondary N) is 1. The maximum absolute atomic E-state index is 11.1. The van der Waals surface area contributed by atoms with Gasteiger partial charge < -0.3 is 5.11 Å². The Morgan fingerprint density at radius 1 is 1.69 bits per heavy atom. The Morgan fingerprint density at radius 2 is 2.38 bits per heavy atom. The average Bonchev–Trinajstić information content (AvgIpc) is 2.20. The molecule has 16 heavy (non-hydrogen) atoms. The molecule has 86 valence electrons. The fourth-order valence-electron chi connectivity index (χ4n) is 1.27. The fraction of sp³-hybridized carbons (Fsp3) is 0.182. The van der Waals surface area contributed by atoms with Gasteiger partial charge >= 0.3 is 5.97 Å². The zero-order valence-electron chi connectivity index (χ0n) is 8.41. The Hall–Kier alpha value is -0.840. The van der Waals surface area contributed by atoms with Crippen molar-refractivity contribution in [3.05, 3.63) is 45.9 Å². The van der Waals surface area contributed by atoms with Gasteiger partial charge in [-0.25, -0.2) is 0 Å². The summed E-state index contributed by atoms with van der Waals surface area (Å²) in [7, 11) is 0. The van der Waals surface area contributed by atoms with E-state index in [9.17, 15) is 4.79 Å². The Bertz CT molecular complexity index is 409. The summed E-state index contributed by atoms with van der Waals surface area (Å²) in [6.07, 6.45) is 1.60. The molecule has 0 aliphatic carbocycles. The van der Waals surface area contributed by atoms with Crippen LogP contribution in [-0.4, -0.2) is 17.6 Å². The summed E-state index contributed by atoms with van der Waals surface area (Å²) in [5.74, 6) is -0.967. The van der Waals surface area contributed by atoms with Crippen molar-refractivity contribution in [2.75, 3.05) is 6.54 Å². The second-order valence-corrected chi connectivity index (χ2v) is 4.46. The van der Waals surface area contributed by atoms with Crippen molar-refractivity contribution in [2.45, 2.75) is 6.04 Å². The second kappa shape index (κ2) is 6.03. The molecule has 0 saturated carbocycles. The van der Waals surface area contributed by atoms with E-state index in [0.29, 0.717) is 17.1 Å². The first kappa shape index (κ1) is 13.2. The molecule has 0 radical (unpaired) electrons. The smallest absolute Gasteiger partial charge is 0.325 e. The van der Waals surface area contributed by atoms with Crippen LogP contribution in [0.2, 0.25) is 5.02 Å². The number of carbonyl (C=O) groups is 1. The number of halogens is 2. The van der Waals surface area contributed by atoms with Crippen LogP contribution >= 0.6 is 27.5 Å². The van der Waals surface area contributed by atoms with Crippen LogP contribution in [0.3, 0.4) is 0 Å². The Morgan fingerprint density at radius 3 is 2.88 bits per heavy atom. The summed E-state index contributed by atoms with van der Waals surface area (Å²) in [6, 6.07) is 4.29. The van der Waals surface area contributed by atoms with Gasteiger partial charge in [-0.3, -0.25) is 10.1 Å². The Labute approximate surface area is 107 Å². The minimum absolute atomic E-state index is 0.406. The molecule has 2 N–H and O–H groups in total. The standard InChI is InChI=1S/C11H11BrClNO2/c1-2-5-14-10(11(15)16)8-4-3-7(12)6-9(8)13/h2-4,6,10,14H,1,5H2,(H,15,16). The number of hydrogen-bond donors (Lipinski definition) is 2. The number of rotatable bonds is 5. The van der Waals surface area contributed by atoms with Crippen LogP contribution in [0.25, 0.3) is 0 Å². The molecule has 0 bridgehead atoms. The number of carboxylic acids is 1. The summed E-state index contributed by atoms with van der Waals surface area (Å²) in [6.45, 7) is 3.93. The molecule has 1 rings (SSSR count). The van der Waals surface area contributed by atoms with E-state index in [2.05, 4.69) is 27.8 Å². The van der Waals surface area contributed by atoms with E-state index in [0.717, 1.165) is 4.47 Å². The van der Waals surface area contributed by atoms with Gasteiger partial charge in [0.15, 0.2) is 0 Å². The lowest BCUT2D eigenvalue weighted by Crippen LogP contribution is -2.28. The molecule has 3 nitrogen and oxygen atoms in total. The monoisotopic (exact) mass is 303 g/mol. The predicted octanol–water partition coefficient (Wildman–Crippen LogP) is 3.00. The fourth-order valence-corrected chi connectivity index (χ4v) is 2.05. The van der Waals surface area contributed by atoms with Gasteiger partial charge in [-0.05, 0) is 17.7 Å². The van der Waals surface area contributed by atoms with E-state index in [1.165, 1.54) is 0 Å². The van der Waals surface area contributed by atoms with E-state index in [1.54, 1.807) is 24.3 Å². The molecule has 0 aliphatic rings. The molecule has 1 aromatic carbocycles. The van der Waals surface area contributed by atoms with Gasteiger partial charge in [0.25, 0.3) is 0 Å². The van der Waals surface area contributed by atoms with E-state index in [-0.39, 0.29) is 0 Å². The summed E-state index contributed by atoms with van der Waals surface area (Å²) >= 11 is 9.25. The van der Waals surface area contributed by atoms with Crippen LogP contribution in [-0.2, 0) is 4.79 Å². The highest BCUT2D eigenvalue weighted by molar-refractivity contribution is 9.10. The Kier molecular flexibility index (Phi) is 4.99. The Balaban J connectivity index is 3.00. The van der Waals surface area contributed by atoms with Gasteiger partial charge in [0.05, 0.1) is 0 Å². The zero-order valence-corrected chi connectivity index (χ0v) is 10.8. The minimum atomic E-state index is -0.967. The van der Waals surface area contributed by atoms with E-state index >= 15 is 0 Å². The van der Waals surface area contributed by atoms with Crippen LogP contribution in [0.5, 0.6) is 0 Å². The molecule has 1 atom stereocenters. The number of benzene rings is 1. The molecule has 5 heteroatoms. The van der Waals surface area contributed by atoms with Crippen molar-refractivity contribution < 1.29 is 9.90 Å². The number of carboxylic acid groups (broad SMARTS) is 1. The third kappa shape index (κ3) is 3.33. The molecule has 0 heterocycles. The summed E-state index contributed by atoms with van der Waals surface area (Å²) in [5, 5.41) is 12.3. The lowest BCUT2D eigenvalue weighted by Gasteiger charge is -2.15. The van der Waals surface area contributed by atoms with Gasteiger partial charge in [0.1, 0.15) is 6.04 Å². The van der Waals surface area contributed by atoms with Crippen molar-refractivity contribution in [1.29, 1.82) is 0 Å². The van der Waals surface area contributed by atoms with E-state index < -0.39 is 12.0 Å². The van der Waals surface area contributed by atoms with Crippen molar-refractivity contribution in [3.63, 3.8) is 0 Å². The van der Waals surface area contributed by atoms with Crippen LogP contribution in [0.4, 0.5) is 0 Å². The van der Waals surface area contributed by atoms with Crippen LogP contribution < -0.4 is 5.32 Å². The van der Waals surface area contributed by atoms with E-state index in [1.807, 2.05) is 0 Å². The SMILES string of the molecule is C=CCNC(C(=O)O)c1ccc(Br)cc1Cl. The zero-order chi connectivity index (χ0) is 12.1. The summed E-state index contributed by atoms with van der Waals surface area (Å²) < 4.78 is 0.814. The summed E-state index contributed by atoms with van der Waals surface area (Å²) in [4.78, 5) is 11.1. The highest BCUT2D eigenvalue weighted by Crippen LogP contribution is 2.26. The maximum atomic E-state index is 11.1. The molecule has 1 unspecified atom stereocenters. The first-order valence-electron chi connectivity index (χ1n) is 4.58. The molecular formula is C11H11BrClNO2. The van der Waals surface area contributed by atoms with Crippen LogP contribution in [0, 0.1) is 0 Å². The molecule has 0 aliphatic heterocycles. The maximum Gasteiger partial charge on any atom is 0.325 e. The molecule has 0 saturated heterocycles. The van der Waals surface area contributed by atoms with Crippen LogP contribution in [0.1, 0.15) is 11.6 Å². The van der Waals surface area contributed by atoms with Gasteiger partial charge in [0, 0.05) is 16.0 Å². The van der Waals surface area contributed by atoms with Gasteiger partial charge in [-0.1, -0.05) is 39.7 Å². The van der Waals surface area contributed by atoms with Crippen molar-refractivity contribution in [2.24, 2.45) is 0 Å².